The fourth-order valence-corrected chi connectivity index (χ4v) is 10.5. The second-order valence-corrected chi connectivity index (χ2v) is 19.6. The number of Topliss-reactive ketones (excluding diaryl/α,β-unsaturated/α-hetero) is 3. The molecule has 18 nitrogen and oxygen atoms in total. The number of rotatable bonds is 22. The summed E-state index contributed by atoms with van der Waals surface area (Å²) < 4.78 is 22.1. The molecule has 5 heterocycles. The lowest BCUT2D eigenvalue weighted by Gasteiger charge is -2.31. The van der Waals surface area contributed by atoms with Gasteiger partial charge < -0.3 is 30.4 Å². The van der Waals surface area contributed by atoms with Crippen LogP contribution in [0.3, 0.4) is 0 Å². The van der Waals surface area contributed by atoms with Gasteiger partial charge in [-0.3, -0.25) is 48.1 Å². The maximum Gasteiger partial charge on any atom is 0.343 e. The van der Waals surface area contributed by atoms with E-state index in [-0.39, 0.29) is 143 Å². The van der Waals surface area contributed by atoms with Crippen LogP contribution >= 0.6 is 0 Å². The number of aryl methyl sites for hydroxylation is 1. The number of hydrogen-bond acceptors (Lipinski definition) is 13. The van der Waals surface area contributed by atoms with Crippen molar-refractivity contribution in [3.63, 3.8) is 0 Å². The van der Waals surface area contributed by atoms with Crippen molar-refractivity contribution in [2.24, 2.45) is 11.8 Å². The van der Waals surface area contributed by atoms with Crippen LogP contribution in [0.4, 0.5) is 4.39 Å². The number of nitrogens with one attached hydrogen (secondary N) is 3. The first-order valence-corrected chi connectivity index (χ1v) is 25.0. The molecular weight excluding hydrogens is 944 g/mol. The number of halogens is 1. The van der Waals surface area contributed by atoms with E-state index in [4.69, 9.17) is 9.72 Å². The normalized spacial score (nSPS) is 18.9. The molecule has 8 rings (SSSR count). The molecule has 0 saturated carbocycles. The molecule has 73 heavy (non-hydrogen) atoms. The minimum absolute atomic E-state index is 0.0363. The van der Waals surface area contributed by atoms with E-state index in [1.165, 1.54) is 10.6 Å². The van der Waals surface area contributed by atoms with E-state index in [0.29, 0.717) is 58.2 Å². The highest BCUT2D eigenvalue weighted by Gasteiger charge is 2.46. The third-order valence-corrected chi connectivity index (χ3v) is 14.6. The number of aromatic nitrogens is 2. The number of ether oxygens (including phenoxy) is 1. The molecule has 1 fully saturated rings. The molecule has 4 aliphatic rings. The van der Waals surface area contributed by atoms with Crippen LogP contribution in [0.5, 0.6) is 0 Å². The van der Waals surface area contributed by atoms with Crippen molar-refractivity contribution >= 4 is 63.8 Å². The zero-order valence-electron chi connectivity index (χ0n) is 41.2. The summed E-state index contributed by atoms with van der Waals surface area (Å²) in [5.41, 5.74) is 2.20. The second kappa shape index (κ2) is 21.8. The maximum absolute atomic E-state index is 15.4. The van der Waals surface area contributed by atoms with Crippen LogP contribution in [-0.2, 0) is 79.5 Å². The van der Waals surface area contributed by atoms with E-state index >= 15 is 4.39 Å². The molecule has 4 N–H and O–H groups in total. The molecule has 3 aliphatic heterocycles. The quantitative estimate of drug-likeness (QED) is 0.0567. The molecule has 2 aromatic heterocycles. The van der Waals surface area contributed by atoms with Gasteiger partial charge >= 0.3 is 5.97 Å². The SMILES string of the molecule is CC[C@@]1(O)C(=O)OCc2c1cc1n(c2=O)Cc2c-1nc1cc(F)c(C)c3c1c2[C@@H](NC(=O)CCCC(=O)CNC(=O)[C@@H](CC(=O)CNC(=O)CCC(=O)CCCN1C(=O)CC(C)C1=O)Cc1ccccc1)CC3. The van der Waals surface area contributed by atoms with Gasteiger partial charge in [-0.2, -0.15) is 0 Å². The van der Waals surface area contributed by atoms with Gasteiger partial charge in [0.15, 0.2) is 17.2 Å². The lowest BCUT2D eigenvalue weighted by Crippen LogP contribution is -2.44. The Kier molecular flexibility index (Phi) is 15.6. The van der Waals surface area contributed by atoms with Gasteiger partial charge in [-0.25, -0.2) is 14.2 Å². The highest BCUT2D eigenvalue weighted by Crippen LogP contribution is 2.46. The molecular formula is C54H59FN6O12. The maximum atomic E-state index is 15.4. The number of aliphatic hydroxyl groups is 1. The third kappa shape index (κ3) is 10.9. The molecule has 1 aliphatic carbocycles. The molecule has 384 valence electrons. The van der Waals surface area contributed by atoms with Crippen LogP contribution in [0, 0.1) is 24.6 Å². The molecule has 1 saturated heterocycles. The Labute approximate surface area is 419 Å². The Balaban J connectivity index is 0.840. The van der Waals surface area contributed by atoms with Gasteiger partial charge in [0.25, 0.3) is 5.56 Å². The number of nitrogens with zero attached hydrogens (tertiary/aromatic N) is 3. The number of ketones is 3. The standard InChI is InChI=1S/C54H59FN6O12/c1-4-54(72)39-23-43-49-37(27-61(43)52(70)38(39)28-73-53(54)71)48-41(17-16-36-30(3)40(55)24-42(59-49)47(36)48)58-45(66)14-8-12-34(63)25-57-50(68)32(21-31-10-6-5-7-11-31)22-35(64)26-56-44(65)18-15-33(62)13-9-19-60-46(67)20-29(2)51(60)69/h5-7,10-11,23-24,29,32,41,72H,4,8-9,12-22,25-28H2,1-3H3,(H,56,65)(H,57,68)(H,58,66)/t29?,32-,41+,54+/m1/s1. The van der Waals surface area contributed by atoms with E-state index < -0.39 is 52.5 Å². The Morgan fingerprint density at radius 1 is 0.890 bits per heavy atom. The van der Waals surface area contributed by atoms with Crippen molar-refractivity contribution in [1.29, 1.82) is 0 Å². The average molecular weight is 1000 g/mol. The number of fused-ring (bicyclic) bond motifs is 5. The number of carbonyl (C=O) groups is 9. The lowest BCUT2D eigenvalue weighted by molar-refractivity contribution is -0.172. The van der Waals surface area contributed by atoms with Crippen molar-refractivity contribution in [2.45, 2.75) is 129 Å². The van der Waals surface area contributed by atoms with Crippen LogP contribution in [-0.4, -0.2) is 92.0 Å². The predicted molar refractivity (Wildman–Crippen MR) is 261 cm³/mol. The summed E-state index contributed by atoms with van der Waals surface area (Å²) >= 11 is 0. The van der Waals surface area contributed by atoms with Crippen molar-refractivity contribution in [1.82, 2.24) is 30.4 Å². The van der Waals surface area contributed by atoms with Crippen LogP contribution in [0.15, 0.2) is 47.3 Å². The molecule has 1 unspecified atom stereocenters. The minimum Gasteiger partial charge on any atom is -0.458 e. The van der Waals surface area contributed by atoms with Crippen LogP contribution in [0.2, 0.25) is 0 Å². The molecule has 0 radical (unpaired) electrons. The van der Waals surface area contributed by atoms with Crippen molar-refractivity contribution in [3.05, 3.63) is 97.6 Å². The molecule has 2 aromatic carbocycles. The molecule has 4 aromatic rings. The summed E-state index contributed by atoms with van der Waals surface area (Å²) in [6.07, 6.45) is 1.12. The van der Waals surface area contributed by atoms with Gasteiger partial charge in [0.1, 0.15) is 18.2 Å². The zero-order chi connectivity index (χ0) is 52.3. The lowest BCUT2D eigenvalue weighted by atomic mass is 9.81. The van der Waals surface area contributed by atoms with Gasteiger partial charge in [-0.15, -0.1) is 0 Å². The molecule has 4 atom stereocenters. The van der Waals surface area contributed by atoms with Gasteiger partial charge in [0.2, 0.25) is 29.5 Å². The molecule has 5 amide bonds. The largest absolute Gasteiger partial charge is 0.458 e. The fourth-order valence-electron chi connectivity index (χ4n) is 10.5. The summed E-state index contributed by atoms with van der Waals surface area (Å²) in [6.45, 7) is 4.18. The summed E-state index contributed by atoms with van der Waals surface area (Å²) in [7, 11) is 0. The van der Waals surface area contributed by atoms with Crippen LogP contribution < -0.4 is 21.5 Å². The van der Waals surface area contributed by atoms with E-state index in [0.717, 1.165) is 16.0 Å². The minimum atomic E-state index is -2.04. The number of esters is 1. The fraction of sp³-hybridized carbons (Fsp3) is 0.463. The first-order chi connectivity index (χ1) is 34.9. The number of pyridine rings is 2. The Hall–Kier alpha value is -7.28. The highest BCUT2D eigenvalue weighted by molar-refractivity contribution is 6.03. The molecule has 0 bridgehead atoms. The summed E-state index contributed by atoms with van der Waals surface area (Å²) in [4.78, 5) is 135. The number of benzene rings is 2. The van der Waals surface area contributed by atoms with Crippen LogP contribution in [0.25, 0.3) is 22.3 Å². The summed E-state index contributed by atoms with van der Waals surface area (Å²) in [5.74, 6) is -5.47. The number of cyclic esters (lactones) is 1. The number of amides is 5. The van der Waals surface area contributed by atoms with Crippen LogP contribution in [0.1, 0.15) is 129 Å². The average Bonchev–Trinajstić information content (AvgIpc) is 3.86. The predicted octanol–water partition coefficient (Wildman–Crippen LogP) is 3.95. The Morgan fingerprint density at radius 2 is 1.63 bits per heavy atom. The first kappa shape index (κ1) is 52.1. The number of likely N-dealkylation sites (tertiary alicyclic amines) is 1. The van der Waals surface area contributed by atoms with Crippen molar-refractivity contribution < 1.29 is 57.4 Å². The third-order valence-electron chi connectivity index (χ3n) is 14.6. The Bertz CT molecular complexity index is 3030. The summed E-state index contributed by atoms with van der Waals surface area (Å²) in [6, 6.07) is 11.4. The molecule has 19 heteroatoms. The van der Waals surface area contributed by atoms with Crippen molar-refractivity contribution in [2.75, 3.05) is 19.6 Å². The zero-order valence-corrected chi connectivity index (χ0v) is 41.2. The smallest absolute Gasteiger partial charge is 0.343 e. The van der Waals surface area contributed by atoms with E-state index in [2.05, 4.69) is 16.0 Å². The van der Waals surface area contributed by atoms with Crippen molar-refractivity contribution in [3.8, 4) is 11.4 Å². The Morgan fingerprint density at radius 3 is 2.36 bits per heavy atom. The summed E-state index contributed by atoms with van der Waals surface area (Å²) in [5, 5.41) is 20.3. The van der Waals surface area contributed by atoms with Gasteiger partial charge in [-0.1, -0.05) is 44.2 Å². The number of hydrogen-bond donors (Lipinski definition) is 4. The van der Waals surface area contributed by atoms with E-state index in [9.17, 15) is 53.1 Å². The van der Waals surface area contributed by atoms with E-state index in [1.807, 2.05) is 6.07 Å². The number of carbonyl (C=O) groups excluding carboxylic acids is 9. The van der Waals surface area contributed by atoms with Gasteiger partial charge in [0, 0.05) is 85.9 Å². The highest BCUT2D eigenvalue weighted by atomic mass is 19.1. The van der Waals surface area contributed by atoms with Gasteiger partial charge in [-0.05, 0) is 73.8 Å². The first-order valence-electron chi connectivity index (χ1n) is 25.0. The van der Waals surface area contributed by atoms with E-state index in [1.54, 1.807) is 51.1 Å². The number of imide groups is 1. The second-order valence-electron chi connectivity index (χ2n) is 19.6. The topological polar surface area (TPSA) is 257 Å². The molecule has 0 spiro atoms. The van der Waals surface area contributed by atoms with Gasteiger partial charge in [0.05, 0.1) is 48.1 Å². The monoisotopic (exact) mass is 1000 g/mol.